The molecule has 0 saturated heterocycles. The Morgan fingerprint density at radius 3 is 2.57 bits per heavy atom. The number of nitro benzene ring substituents is 1. The summed E-state index contributed by atoms with van der Waals surface area (Å²) in [5.41, 5.74) is 7.19. The summed E-state index contributed by atoms with van der Waals surface area (Å²) in [5, 5.41) is 13.4. The molecule has 0 unspecified atom stereocenters. The molecule has 21 heavy (non-hydrogen) atoms. The number of halogens is 1. The number of rotatable bonds is 3. The number of nitrogens with zero attached hydrogens (tertiary/aromatic N) is 1. The predicted molar refractivity (Wildman–Crippen MR) is 84.3 cm³/mol. The Morgan fingerprint density at radius 2 is 2.00 bits per heavy atom. The SMILES string of the molecule is Cc1cc(Br)cc(NC(=O)c2ccc([N+](=O)[O-])c(N)c2)c1. The van der Waals surface area contributed by atoms with Crippen LogP contribution in [0.25, 0.3) is 0 Å². The number of anilines is 2. The summed E-state index contributed by atoms with van der Waals surface area (Å²) in [7, 11) is 0. The van der Waals surface area contributed by atoms with Crippen molar-refractivity contribution < 1.29 is 9.72 Å². The minimum Gasteiger partial charge on any atom is -0.393 e. The highest BCUT2D eigenvalue weighted by molar-refractivity contribution is 9.10. The molecular formula is C14H12BrN3O3. The van der Waals surface area contributed by atoms with E-state index in [0.29, 0.717) is 5.69 Å². The van der Waals surface area contributed by atoms with Crippen LogP contribution in [0.15, 0.2) is 40.9 Å². The van der Waals surface area contributed by atoms with Crippen LogP contribution in [0.2, 0.25) is 0 Å². The average Bonchev–Trinajstić information content (AvgIpc) is 2.36. The fraction of sp³-hybridized carbons (Fsp3) is 0.0714. The Hall–Kier alpha value is -2.41. The number of nitro groups is 1. The van der Waals surface area contributed by atoms with E-state index in [1.165, 1.54) is 18.2 Å². The van der Waals surface area contributed by atoms with Crippen molar-refractivity contribution in [1.82, 2.24) is 0 Å². The van der Waals surface area contributed by atoms with Crippen molar-refractivity contribution in [3.63, 3.8) is 0 Å². The van der Waals surface area contributed by atoms with Crippen molar-refractivity contribution >= 4 is 38.9 Å². The van der Waals surface area contributed by atoms with Crippen LogP contribution in [0.1, 0.15) is 15.9 Å². The van der Waals surface area contributed by atoms with E-state index in [1.54, 1.807) is 6.07 Å². The van der Waals surface area contributed by atoms with Crippen molar-refractivity contribution in [3.8, 4) is 0 Å². The third-order valence-corrected chi connectivity index (χ3v) is 3.24. The molecule has 0 aromatic heterocycles. The quantitative estimate of drug-likeness (QED) is 0.503. The topological polar surface area (TPSA) is 98.3 Å². The molecule has 0 aliphatic carbocycles. The van der Waals surface area contributed by atoms with Gasteiger partial charge in [-0.25, -0.2) is 0 Å². The lowest BCUT2D eigenvalue weighted by Gasteiger charge is -2.07. The normalized spacial score (nSPS) is 10.2. The van der Waals surface area contributed by atoms with E-state index in [4.69, 9.17) is 5.73 Å². The molecule has 0 heterocycles. The first kappa shape index (κ1) is 15.0. The summed E-state index contributed by atoms with van der Waals surface area (Å²) in [6.07, 6.45) is 0. The first-order chi connectivity index (χ1) is 9.86. The number of hydrogen-bond donors (Lipinski definition) is 2. The number of carbonyl (C=O) groups excluding carboxylic acids is 1. The van der Waals surface area contributed by atoms with Crippen molar-refractivity contribution in [2.75, 3.05) is 11.1 Å². The molecule has 3 N–H and O–H groups in total. The molecule has 2 aromatic carbocycles. The van der Waals surface area contributed by atoms with Gasteiger partial charge in [-0.2, -0.15) is 0 Å². The maximum absolute atomic E-state index is 12.1. The third kappa shape index (κ3) is 3.57. The molecule has 0 aliphatic heterocycles. The Bertz CT molecular complexity index is 711. The molecule has 2 rings (SSSR count). The first-order valence-corrected chi connectivity index (χ1v) is 6.78. The van der Waals surface area contributed by atoms with Gasteiger partial charge in [-0.05, 0) is 42.8 Å². The second-order valence-electron chi connectivity index (χ2n) is 4.50. The Labute approximate surface area is 129 Å². The zero-order chi connectivity index (χ0) is 15.6. The molecule has 0 radical (unpaired) electrons. The van der Waals surface area contributed by atoms with Gasteiger partial charge in [0.25, 0.3) is 11.6 Å². The summed E-state index contributed by atoms with van der Waals surface area (Å²) in [4.78, 5) is 22.2. The molecule has 2 aromatic rings. The van der Waals surface area contributed by atoms with Gasteiger partial charge in [-0.3, -0.25) is 14.9 Å². The predicted octanol–water partition coefficient (Wildman–Crippen LogP) is 3.50. The van der Waals surface area contributed by atoms with Crippen LogP contribution in [0.3, 0.4) is 0 Å². The van der Waals surface area contributed by atoms with E-state index >= 15 is 0 Å². The molecule has 0 aliphatic rings. The number of hydrogen-bond acceptors (Lipinski definition) is 4. The smallest absolute Gasteiger partial charge is 0.292 e. The van der Waals surface area contributed by atoms with Crippen LogP contribution >= 0.6 is 15.9 Å². The Kier molecular flexibility index (Phi) is 4.23. The molecule has 0 saturated carbocycles. The van der Waals surface area contributed by atoms with Crippen molar-refractivity contribution in [2.24, 2.45) is 0 Å². The summed E-state index contributed by atoms with van der Waals surface area (Å²) in [5.74, 6) is -0.380. The fourth-order valence-corrected chi connectivity index (χ4v) is 2.48. The van der Waals surface area contributed by atoms with Crippen LogP contribution in [0.4, 0.5) is 17.1 Å². The van der Waals surface area contributed by atoms with Crippen LogP contribution in [0.5, 0.6) is 0 Å². The molecule has 0 bridgehead atoms. The van der Waals surface area contributed by atoms with Crippen molar-refractivity contribution in [1.29, 1.82) is 0 Å². The lowest BCUT2D eigenvalue weighted by Crippen LogP contribution is -2.12. The lowest BCUT2D eigenvalue weighted by molar-refractivity contribution is -0.383. The molecule has 1 amide bonds. The monoisotopic (exact) mass is 349 g/mol. The van der Waals surface area contributed by atoms with E-state index in [-0.39, 0.29) is 22.8 Å². The number of amides is 1. The highest BCUT2D eigenvalue weighted by atomic mass is 79.9. The van der Waals surface area contributed by atoms with Crippen LogP contribution in [-0.2, 0) is 0 Å². The van der Waals surface area contributed by atoms with Gasteiger partial charge in [-0.15, -0.1) is 0 Å². The Morgan fingerprint density at radius 1 is 1.29 bits per heavy atom. The molecule has 7 heteroatoms. The maximum atomic E-state index is 12.1. The number of nitrogens with two attached hydrogens (primary N) is 1. The lowest BCUT2D eigenvalue weighted by atomic mass is 10.1. The van der Waals surface area contributed by atoms with Gasteiger partial charge in [0.05, 0.1) is 4.92 Å². The molecular weight excluding hydrogens is 338 g/mol. The van der Waals surface area contributed by atoms with Gasteiger partial charge in [0.1, 0.15) is 5.69 Å². The van der Waals surface area contributed by atoms with Crippen LogP contribution in [-0.4, -0.2) is 10.8 Å². The van der Waals surface area contributed by atoms with E-state index < -0.39 is 4.92 Å². The van der Waals surface area contributed by atoms with Crippen LogP contribution < -0.4 is 11.1 Å². The third-order valence-electron chi connectivity index (χ3n) is 2.79. The number of carbonyl (C=O) groups is 1. The summed E-state index contributed by atoms with van der Waals surface area (Å²) in [6.45, 7) is 1.91. The second-order valence-corrected chi connectivity index (χ2v) is 5.42. The standard InChI is InChI=1S/C14H12BrN3O3/c1-8-4-10(15)7-11(5-8)17-14(19)9-2-3-13(18(20)21)12(16)6-9/h2-7H,16H2,1H3,(H,17,19). The van der Waals surface area contributed by atoms with Gasteiger partial charge in [-0.1, -0.05) is 15.9 Å². The number of nitrogens with one attached hydrogen (secondary N) is 1. The van der Waals surface area contributed by atoms with Crippen LogP contribution in [0, 0.1) is 17.0 Å². The molecule has 0 atom stereocenters. The Balaban J connectivity index is 2.24. The highest BCUT2D eigenvalue weighted by Gasteiger charge is 2.14. The fourth-order valence-electron chi connectivity index (χ4n) is 1.87. The zero-order valence-corrected chi connectivity index (χ0v) is 12.7. The summed E-state index contributed by atoms with van der Waals surface area (Å²) in [6, 6.07) is 9.37. The largest absolute Gasteiger partial charge is 0.393 e. The minimum absolute atomic E-state index is 0.0435. The van der Waals surface area contributed by atoms with Gasteiger partial charge in [0, 0.05) is 21.8 Å². The number of nitrogen functional groups attached to an aromatic ring is 1. The van der Waals surface area contributed by atoms with E-state index in [1.807, 2.05) is 19.1 Å². The average molecular weight is 350 g/mol. The molecule has 0 spiro atoms. The second kappa shape index (κ2) is 5.92. The first-order valence-electron chi connectivity index (χ1n) is 5.99. The minimum atomic E-state index is -0.589. The van der Waals surface area contributed by atoms with E-state index in [2.05, 4.69) is 21.2 Å². The number of benzene rings is 2. The molecule has 108 valence electrons. The van der Waals surface area contributed by atoms with Crippen molar-refractivity contribution in [3.05, 3.63) is 62.1 Å². The van der Waals surface area contributed by atoms with Gasteiger partial charge >= 0.3 is 0 Å². The molecule has 6 nitrogen and oxygen atoms in total. The number of aryl methyl sites for hydroxylation is 1. The van der Waals surface area contributed by atoms with Gasteiger partial charge in [0.15, 0.2) is 0 Å². The summed E-state index contributed by atoms with van der Waals surface area (Å²) < 4.78 is 0.848. The van der Waals surface area contributed by atoms with Crippen molar-refractivity contribution in [2.45, 2.75) is 6.92 Å². The van der Waals surface area contributed by atoms with Gasteiger partial charge in [0.2, 0.25) is 0 Å². The van der Waals surface area contributed by atoms with E-state index in [0.717, 1.165) is 10.0 Å². The highest BCUT2D eigenvalue weighted by Crippen LogP contribution is 2.23. The van der Waals surface area contributed by atoms with Gasteiger partial charge < -0.3 is 11.1 Å². The van der Waals surface area contributed by atoms with E-state index in [9.17, 15) is 14.9 Å². The maximum Gasteiger partial charge on any atom is 0.292 e. The summed E-state index contributed by atoms with van der Waals surface area (Å²) >= 11 is 3.35. The molecule has 0 fully saturated rings. The zero-order valence-electron chi connectivity index (χ0n) is 11.1.